The van der Waals surface area contributed by atoms with Gasteiger partial charge in [0, 0.05) is 59.2 Å². The highest BCUT2D eigenvalue weighted by atomic mass is 32.2. The molecule has 0 atom stereocenters. The van der Waals surface area contributed by atoms with Gasteiger partial charge >= 0.3 is 0 Å². The molecule has 0 saturated carbocycles. The van der Waals surface area contributed by atoms with Crippen molar-refractivity contribution >= 4 is 55.3 Å². The zero-order chi connectivity index (χ0) is 24.6. The first-order valence-electron chi connectivity index (χ1n) is 11.1. The lowest BCUT2D eigenvalue weighted by Crippen LogP contribution is -2.44. The van der Waals surface area contributed by atoms with Gasteiger partial charge in [0.1, 0.15) is 5.82 Å². The number of primary sulfonamides is 1. The van der Waals surface area contributed by atoms with Crippen molar-refractivity contribution in [1.29, 1.82) is 0 Å². The minimum atomic E-state index is -3.75. The molecule has 1 aliphatic heterocycles. The van der Waals surface area contributed by atoms with E-state index in [2.05, 4.69) is 20.2 Å². The SMILES string of the molecule is B[SH]1(=O)CCN(c2ccc(-c3cccc4cnc(Nc5ccc(S(N)(=O)=O)cc5)nc34)cn2)CC1. The third kappa shape index (κ3) is 5.19. The molecule has 1 aliphatic rings. The number of hydrogen-bond donors (Lipinski definition) is 3. The molecule has 0 aliphatic carbocycles. The lowest BCUT2D eigenvalue weighted by molar-refractivity contribution is 0.598. The van der Waals surface area contributed by atoms with E-state index < -0.39 is 19.8 Å². The van der Waals surface area contributed by atoms with Crippen LogP contribution in [0.3, 0.4) is 0 Å². The smallest absolute Gasteiger partial charge is 0.238 e. The number of fused-ring (bicyclic) bond motifs is 1. The predicted octanol–water partition coefficient (Wildman–Crippen LogP) is 1.47. The number of sulfonamides is 1. The van der Waals surface area contributed by atoms with E-state index >= 15 is 0 Å². The number of hydrogen-bond acceptors (Lipinski definition) is 8. The molecule has 0 amide bonds. The molecule has 2 aromatic heterocycles. The van der Waals surface area contributed by atoms with Gasteiger partial charge in [-0.2, -0.15) is 0 Å². The first kappa shape index (κ1) is 23.4. The van der Waals surface area contributed by atoms with Gasteiger partial charge in [-0.25, -0.2) is 28.5 Å². The summed E-state index contributed by atoms with van der Waals surface area (Å²) in [7, 11) is -3.86. The van der Waals surface area contributed by atoms with E-state index in [0.29, 0.717) is 11.6 Å². The third-order valence-corrected chi connectivity index (χ3v) is 9.34. The Morgan fingerprint density at radius 3 is 2.37 bits per heavy atom. The Morgan fingerprint density at radius 2 is 1.71 bits per heavy atom. The number of thiol groups is 1. The number of aromatic nitrogens is 3. The molecule has 35 heavy (non-hydrogen) atoms. The van der Waals surface area contributed by atoms with E-state index in [0.717, 1.165) is 52.4 Å². The highest BCUT2D eigenvalue weighted by molar-refractivity contribution is 8.22. The molecule has 4 aromatic rings. The van der Waals surface area contributed by atoms with E-state index in [1.54, 1.807) is 18.3 Å². The van der Waals surface area contributed by atoms with Crippen LogP contribution < -0.4 is 15.4 Å². The van der Waals surface area contributed by atoms with E-state index in [1.165, 1.54) is 12.1 Å². The Bertz CT molecular complexity index is 1530. The van der Waals surface area contributed by atoms with Crippen molar-refractivity contribution in [3.8, 4) is 11.1 Å². The fraction of sp³-hybridized carbons (Fsp3) is 0.174. The molecule has 3 N–H and O–H groups in total. The lowest BCUT2D eigenvalue weighted by Gasteiger charge is -2.34. The Kier molecular flexibility index (Phi) is 6.03. The quantitative estimate of drug-likeness (QED) is 0.273. The summed E-state index contributed by atoms with van der Waals surface area (Å²) in [6.45, 7) is 1.52. The van der Waals surface area contributed by atoms with Crippen LogP contribution in [0.4, 0.5) is 17.5 Å². The number of pyridine rings is 1. The van der Waals surface area contributed by atoms with Gasteiger partial charge in [-0.05, 0) is 36.4 Å². The lowest BCUT2D eigenvalue weighted by atomic mass is 10.0. The van der Waals surface area contributed by atoms with Crippen LogP contribution in [0.1, 0.15) is 0 Å². The maximum absolute atomic E-state index is 12.3. The maximum atomic E-state index is 12.3. The zero-order valence-corrected chi connectivity index (χ0v) is 20.8. The Labute approximate surface area is 205 Å². The van der Waals surface area contributed by atoms with Crippen LogP contribution in [0.25, 0.3) is 22.0 Å². The van der Waals surface area contributed by atoms with Gasteiger partial charge in [0.2, 0.25) is 16.0 Å². The molecule has 1 saturated heterocycles. The van der Waals surface area contributed by atoms with Crippen molar-refractivity contribution in [3.63, 3.8) is 0 Å². The molecule has 0 spiro atoms. The van der Waals surface area contributed by atoms with Gasteiger partial charge in [0.25, 0.3) is 0 Å². The van der Waals surface area contributed by atoms with Gasteiger partial charge in [-0.15, -0.1) is 9.78 Å². The number of para-hydroxylation sites is 1. The largest absolute Gasteiger partial charge is 0.355 e. The number of nitrogens with zero attached hydrogens (tertiary/aromatic N) is 4. The highest BCUT2D eigenvalue weighted by Gasteiger charge is 2.21. The van der Waals surface area contributed by atoms with Crippen LogP contribution in [-0.2, 0) is 19.8 Å². The molecule has 1 fully saturated rings. The minimum absolute atomic E-state index is 0.0361. The number of nitrogens with two attached hydrogens (primary N) is 1. The summed E-state index contributed by atoms with van der Waals surface area (Å²) in [6, 6.07) is 16.0. The van der Waals surface area contributed by atoms with Crippen LogP contribution in [0.15, 0.2) is 71.9 Å². The minimum Gasteiger partial charge on any atom is -0.355 e. The molecular formula is C23H25BN6O3S2. The van der Waals surface area contributed by atoms with Gasteiger partial charge < -0.3 is 10.2 Å². The Morgan fingerprint density at radius 1 is 0.971 bits per heavy atom. The molecule has 3 heterocycles. The topological polar surface area (TPSA) is 131 Å². The van der Waals surface area contributed by atoms with Crippen molar-refractivity contribution in [1.82, 2.24) is 15.0 Å². The van der Waals surface area contributed by atoms with Gasteiger partial charge in [0.05, 0.1) is 10.4 Å². The second-order valence-corrected chi connectivity index (χ2v) is 13.8. The van der Waals surface area contributed by atoms with Crippen molar-refractivity contribution in [2.45, 2.75) is 4.90 Å². The average molecular weight is 508 g/mol. The number of nitrogens with one attached hydrogen (secondary N) is 1. The number of benzene rings is 2. The average Bonchev–Trinajstić information content (AvgIpc) is 2.84. The third-order valence-electron chi connectivity index (χ3n) is 6.12. The summed E-state index contributed by atoms with van der Waals surface area (Å²) >= 11 is 0. The van der Waals surface area contributed by atoms with E-state index in [9.17, 15) is 12.6 Å². The van der Waals surface area contributed by atoms with Crippen molar-refractivity contribution in [2.75, 3.05) is 34.8 Å². The maximum Gasteiger partial charge on any atom is 0.238 e. The molecule has 0 unspecified atom stereocenters. The molecule has 9 nitrogen and oxygen atoms in total. The molecule has 5 rings (SSSR count). The second kappa shape index (κ2) is 9.02. The van der Waals surface area contributed by atoms with Gasteiger partial charge in [0.15, 0.2) is 7.12 Å². The van der Waals surface area contributed by atoms with Gasteiger partial charge in [-0.1, -0.05) is 18.2 Å². The van der Waals surface area contributed by atoms with Crippen LogP contribution in [-0.4, -0.2) is 59.3 Å². The molecule has 12 heteroatoms. The summed E-state index contributed by atoms with van der Waals surface area (Å²) < 4.78 is 35.2. The van der Waals surface area contributed by atoms with Crippen LogP contribution in [0.5, 0.6) is 0 Å². The summed E-state index contributed by atoms with van der Waals surface area (Å²) in [6.07, 6.45) is 3.58. The highest BCUT2D eigenvalue weighted by Crippen LogP contribution is 2.29. The van der Waals surface area contributed by atoms with E-state index in [-0.39, 0.29) is 4.90 Å². The van der Waals surface area contributed by atoms with Crippen LogP contribution >= 0.6 is 0 Å². The summed E-state index contributed by atoms with van der Waals surface area (Å²) in [5.41, 5.74) is 3.26. The summed E-state index contributed by atoms with van der Waals surface area (Å²) in [5.74, 6) is 2.71. The van der Waals surface area contributed by atoms with Crippen LogP contribution in [0.2, 0.25) is 0 Å². The van der Waals surface area contributed by atoms with Crippen LogP contribution in [0, 0.1) is 0 Å². The molecule has 180 valence electrons. The normalized spacial score (nSPS) is 16.7. The predicted molar refractivity (Wildman–Crippen MR) is 144 cm³/mol. The van der Waals surface area contributed by atoms with Gasteiger partial charge in [-0.3, -0.25) is 4.21 Å². The summed E-state index contributed by atoms with van der Waals surface area (Å²) in [4.78, 5) is 16.0. The van der Waals surface area contributed by atoms with Crippen molar-refractivity contribution < 1.29 is 12.6 Å². The Balaban J connectivity index is 1.41. The monoisotopic (exact) mass is 508 g/mol. The van der Waals surface area contributed by atoms with Crippen molar-refractivity contribution in [2.24, 2.45) is 5.14 Å². The number of rotatable bonds is 5. The molecular weight excluding hydrogens is 483 g/mol. The number of anilines is 3. The summed E-state index contributed by atoms with van der Waals surface area (Å²) in [5, 5.41) is 9.16. The molecule has 2 aromatic carbocycles. The Hall–Kier alpha value is -3.35. The van der Waals surface area contributed by atoms with E-state index in [4.69, 9.17) is 10.1 Å². The first-order chi connectivity index (χ1) is 16.7. The fourth-order valence-corrected chi connectivity index (χ4v) is 6.12. The zero-order valence-electron chi connectivity index (χ0n) is 19.1. The second-order valence-electron chi connectivity index (χ2n) is 8.77. The first-order valence-corrected chi connectivity index (χ1v) is 15.2. The molecule has 0 radical (unpaired) electrons. The fourth-order valence-electron chi connectivity index (χ4n) is 4.06. The standard InChI is InChI=1S/C23H25BN6O3S2/c24-34(31)12-10-30(11-13-34)21-9-4-16(14-26-21)20-3-1-2-17-15-27-23(29-22(17)20)28-18-5-7-19(8-6-18)35(25,32)33/h1-9,14-15,34H,10-13,24H2,(H2,25,32,33)(H,27,28,29). The van der Waals surface area contributed by atoms with Crippen molar-refractivity contribution in [3.05, 3.63) is 67.0 Å². The van der Waals surface area contributed by atoms with E-state index in [1.807, 2.05) is 43.7 Å². The molecule has 0 bridgehead atoms.